The zero-order chi connectivity index (χ0) is 23.6. The highest BCUT2D eigenvalue weighted by Gasteiger charge is 2.19. The van der Waals surface area contributed by atoms with Crippen molar-refractivity contribution in [3.63, 3.8) is 0 Å². The average Bonchev–Trinajstić information content (AvgIpc) is 3.43. The SMILES string of the molecule is CC(C)(C)OC(=O)Nc1cc(-c2ccc(C#N)c(F)c2)n(-c2ccc(-c3cn[nH]c3)cc2)n1. The summed E-state index contributed by atoms with van der Waals surface area (Å²) in [7, 11) is 0. The van der Waals surface area contributed by atoms with Crippen molar-refractivity contribution in [2.24, 2.45) is 0 Å². The molecule has 0 atom stereocenters. The van der Waals surface area contributed by atoms with E-state index in [9.17, 15) is 9.18 Å². The number of anilines is 1. The van der Waals surface area contributed by atoms with E-state index in [1.165, 1.54) is 12.1 Å². The molecule has 4 rings (SSSR count). The van der Waals surface area contributed by atoms with E-state index in [-0.39, 0.29) is 11.4 Å². The maximum atomic E-state index is 14.3. The van der Waals surface area contributed by atoms with Gasteiger partial charge in [-0.2, -0.15) is 10.4 Å². The minimum atomic E-state index is -0.672. The van der Waals surface area contributed by atoms with Gasteiger partial charge >= 0.3 is 6.09 Å². The van der Waals surface area contributed by atoms with Gasteiger partial charge in [0.1, 0.15) is 17.5 Å². The normalized spacial score (nSPS) is 11.1. The molecule has 4 aromatic rings. The Morgan fingerprint density at radius 3 is 2.45 bits per heavy atom. The molecule has 8 nitrogen and oxygen atoms in total. The predicted octanol–water partition coefficient (Wildman–Crippen LogP) is 5.29. The molecule has 9 heteroatoms. The number of hydrogen-bond acceptors (Lipinski definition) is 5. The van der Waals surface area contributed by atoms with Crippen LogP contribution < -0.4 is 5.32 Å². The van der Waals surface area contributed by atoms with Crippen LogP contribution in [0.4, 0.5) is 15.0 Å². The van der Waals surface area contributed by atoms with Crippen molar-refractivity contribution >= 4 is 11.9 Å². The van der Waals surface area contributed by atoms with E-state index >= 15 is 0 Å². The maximum Gasteiger partial charge on any atom is 0.413 e. The summed E-state index contributed by atoms with van der Waals surface area (Å²) in [6, 6.07) is 15.3. The number of benzene rings is 2. The molecule has 0 fully saturated rings. The fraction of sp³-hybridized carbons (Fsp3) is 0.167. The van der Waals surface area contributed by atoms with E-state index in [4.69, 9.17) is 10.00 Å². The monoisotopic (exact) mass is 444 g/mol. The van der Waals surface area contributed by atoms with Crippen LogP contribution in [0, 0.1) is 17.1 Å². The first kappa shape index (κ1) is 21.8. The van der Waals surface area contributed by atoms with Gasteiger partial charge in [0, 0.05) is 23.4 Å². The highest BCUT2D eigenvalue weighted by Crippen LogP contribution is 2.29. The number of ether oxygens (including phenoxy) is 1. The third-order valence-electron chi connectivity index (χ3n) is 4.67. The number of aromatic amines is 1. The molecule has 2 N–H and O–H groups in total. The van der Waals surface area contributed by atoms with Crippen LogP contribution in [0.25, 0.3) is 28.1 Å². The standard InChI is InChI=1S/C24H21FN6O2/c1-24(2,3)33-23(32)29-22-11-21(16-4-5-17(12-26)20(25)10-16)31(30-22)19-8-6-15(7-9-19)18-13-27-28-14-18/h4-11,13-14H,1-3H3,(H,27,28)(H,29,30,32). The number of hydrogen-bond donors (Lipinski definition) is 2. The summed E-state index contributed by atoms with van der Waals surface area (Å²) >= 11 is 0. The van der Waals surface area contributed by atoms with Gasteiger partial charge in [-0.05, 0) is 50.6 Å². The molecule has 0 radical (unpaired) electrons. The van der Waals surface area contributed by atoms with Gasteiger partial charge in [0.2, 0.25) is 0 Å². The van der Waals surface area contributed by atoms with Crippen LogP contribution in [0.1, 0.15) is 26.3 Å². The van der Waals surface area contributed by atoms with Crippen LogP contribution >= 0.6 is 0 Å². The molecule has 166 valence electrons. The molecule has 0 unspecified atom stereocenters. The van der Waals surface area contributed by atoms with Gasteiger partial charge in [0.05, 0.1) is 23.1 Å². The number of nitrogens with zero attached hydrogens (tertiary/aromatic N) is 4. The second-order valence-corrected chi connectivity index (χ2v) is 8.29. The molecule has 0 bridgehead atoms. The Labute approximate surface area is 189 Å². The Bertz CT molecular complexity index is 1330. The number of aromatic nitrogens is 4. The third-order valence-corrected chi connectivity index (χ3v) is 4.67. The van der Waals surface area contributed by atoms with E-state index < -0.39 is 17.5 Å². The molecule has 0 spiro atoms. The number of amides is 1. The van der Waals surface area contributed by atoms with Gasteiger partial charge in [-0.3, -0.25) is 10.4 Å². The summed E-state index contributed by atoms with van der Waals surface area (Å²) in [6.45, 7) is 5.28. The molecule has 0 aliphatic heterocycles. The topological polar surface area (TPSA) is 109 Å². The Kier molecular flexibility index (Phi) is 5.67. The lowest BCUT2D eigenvalue weighted by atomic mass is 10.1. The van der Waals surface area contributed by atoms with Crippen LogP contribution in [0.3, 0.4) is 0 Å². The first-order chi connectivity index (χ1) is 15.7. The molecule has 0 aliphatic carbocycles. The highest BCUT2D eigenvalue weighted by atomic mass is 19.1. The summed E-state index contributed by atoms with van der Waals surface area (Å²) in [5, 5.41) is 22.9. The molecule has 33 heavy (non-hydrogen) atoms. The number of halogens is 1. The summed E-state index contributed by atoms with van der Waals surface area (Å²) in [6.07, 6.45) is 2.85. The molecule has 1 amide bonds. The van der Waals surface area contributed by atoms with Crippen molar-refractivity contribution in [3.05, 3.63) is 72.3 Å². The first-order valence-electron chi connectivity index (χ1n) is 10.1. The van der Waals surface area contributed by atoms with Gasteiger partial charge in [-0.15, -0.1) is 5.10 Å². The average molecular weight is 444 g/mol. The van der Waals surface area contributed by atoms with Gasteiger partial charge in [-0.25, -0.2) is 13.9 Å². The number of nitrogens with one attached hydrogen (secondary N) is 2. The summed E-state index contributed by atoms with van der Waals surface area (Å²) in [4.78, 5) is 12.2. The molecule has 0 saturated carbocycles. The summed E-state index contributed by atoms with van der Waals surface area (Å²) in [5.41, 5.74) is 2.88. The zero-order valence-electron chi connectivity index (χ0n) is 18.3. The lowest BCUT2D eigenvalue weighted by Gasteiger charge is -2.19. The molecular weight excluding hydrogens is 423 g/mol. The van der Waals surface area contributed by atoms with Crippen LogP contribution in [-0.4, -0.2) is 31.7 Å². The van der Waals surface area contributed by atoms with Gasteiger partial charge in [0.25, 0.3) is 0 Å². The third kappa shape index (κ3) is 4.91. The Morgan fingerprint density at radius 1 is 1.12 bits per heavy atom. The van der Waals surface area contributed by atoms with Gasteiger partial charge in [-0.1, -0.05) is 18.2 Å². The van der Waals surface area contributed by atoms with Crippen LogP contribution in [0.2, 0.25) is 0 Å². The van der Waals surface area contributed by atoms with E-state index in [0.717, 1.165) is 11.1 Å². The van der Waals surface area contributed by atoms with Crippen LogP contribution in [0.15, 0.2) is 60.9 Å². The Morgan fingerprint density at radius 2 is 1.85 bits per heavy atom. The zero-order valence-corrected chi connectivity index (χ0v) is 18.3. The van der Waals surface area contributed by atoms with Crippen molar-refractivity contribution < 1.29 is 13.9 Å². The van der Waals surface area contributed by atoms with Crippen molar-refractivity contribution in [1.82, 2.24) is 20.0 Å². The summed E-state index contributed by atoms with van der Waals surface area (Å²) in [5.74, 6) is -0.400. The first-order valence-corrected chi connectivity index (χ1v) is 10.1. The van der Waals surface area contributed by atoms with Crippen molar-refractivity contribution in [2.45, 2.75) is 26.4 Å². The van der Waals surface area contributed by atoms with E-state index in [1.54, 1.807) is 50.0 Å². The number of H-pyrrole nitrogens is 1. The second-order valence-electron chi connectivity index (χ2n) is 8.29. The summed E-state index contributed by atoms with van der Waals surface area (Å²) < 4.78 is 21.2. The minimum Gasteiger partial charge on any atom is -0.444 e. The lowest BCUT2D eigenvalue weighted by Crippen LogP contribution is -2.27. The molecule has 2 aromatic carbocycles. The van der Waals surface area contributed by atoms with Crippen LogP contribution in [0.5, 0.6) is 0 Å². The molecule has 0 aliphatic rings. The van der Waals surface area contributed by atoms with Crippen molar-refractivity contribution in [3.8, 4) is 34.1 Å². The number of carbonyl (C=O) groups is 1. The van der Waals surface area contributed by atoms with Crippen LogP contribution in [-0.2, 0) is 4.74 Å². The fourth-order valence-corrected chi connectivity index (χ4v) is 3.22. The molecule has 2 aromatic heterocycles. The maximum absolute atomic E-state index is 14.3. The number of rotatable bonds is 4. The number of nitriles is 1. The lowest BCUT2D eigenvalue weighted by molar-refractivity contribution is 0.0635. The van der Waals surface area contributed by atoms with Crippen molar-refractivity contribution in [1.29, 1.82) is 5.26 Å². The number of carbonyl (C=O) groups excluding carboxylic acids is 1. The van der Waals surface area contributed by atoms with E-state index in [0.29, 0.717) is 16.9 Å². The fourth-order valence-electron chi connectivity index (χ4n) is 3.22. The second kappa shape index (κ2) is 8.59. The Hall–Kier alpha value is -4.45. The van der Waals surface area contributed by atoms with Crippen molar-refractivity contribution in [2.75, 3.05) is 5.32 Å². The predicted molar refractivity (Wildman–Crippen MR) is 121 cm³/mol. The van der Waals surface area contributed by atoms with Gasteiger partial charge < -0.3 is 4.74 Å². The molecule has 2 heterocycles. The molecule has 0 saturated heterocycles. The van der Waals surface area contributed by atoms with E-state index in [2.05, 4.69) is 20.6 Å². The highest BCUT2D eigenvalue weighted by molar-refractivity contribution is 5.85. The quantitative estimate of drug-likeness (QED) is 0.445. The smallest absolute Gasteiger partial charge is 0.413 e. The van der Waals surface area contributed by atoms with Gasteiger partial charge in [0.15, 0.2) is 5.82 Å². The largest absolute Gasteiger partial charge is 0.444 e. The Balaban J connectivity index is 1.74. The minimum absolute atomic E-state index is 0.0543. The van der Waals surface area contributed by atoms with E-state index in [1.807, 2.05) is 30.3 Å². The molecular formula is C24H21FN6O2.